The van der Waals surface area contributed by atoms with Gasteiger partial charge in [-0.3, -0.25) is 4.90 Å². The van der Waals surface area contributed by atoms with E-state index in [1.54, 1.807) is 30.5 Å². The summed E-state index contributed by atoms with van der Waals surface area (Å²) in [5.41, 5.74) is 0.581. The summed E-state index contributed by atoms with van der Waals surface area (Å²) in [6.07, 6.45) is -0.201. The second kappa shape index (κ2) is 10.5. The quantitative estimate of drug-likeness (QED) is 0.511. The Morgan fingerprint density at radius 2 is 1.97 bits per heavy atom. The highest BCUT2D eigenvalue weighted by Gasteiger charge is 2.46. The lowest BCUT2D eigenvalue weighted by Gasteiger charge is -2.40. The Kier molecular flexibility index (Phi) is 7.44. The van der Waals surface area contributed by atoms with Crippen molar-refractivity contribution in [3.63, 3.8) is 0 Å². The number of benzene rings is 1. The van der Waals surface area contributed by atoms with Crippen LogP contribution in [0.15, 0.2) is 48.7 Å². The second-order valence-electron chi connectivity index (χ2n) is 7.93. The van der Waals surface area contributed by atoms with Gasteiger partial charge in [-0.1, -0.05) is 23.7 Å². The number of hydrogen-bond donors (Lipinski definition) is 4. The molecule has 0 bridgehead atoms. The van der Waals surface area contributed by atoms with Gasteiger partial charge in [-0.25, -0.2) is 9.78 Å². The Hall–Kier alpha value is -2.43. The Balaban J connectivity index is 1.35. The van der Waals surface area contributed by atoms with Crippen LogP contribution in [-0.2, 0) is 4.74 Å². The first-order chi connectivity index (χ1) is 15.5. The number of nitrogens with zero attached hydrogens (tertiary/aromatic N) is 3. The molecule has 0 radical (unpaired) electrons. The summed E-state index contributed by atoms with van der Waals surface area (Å²) in [5.74, 6) is 0.930. The molecule has 0 aliphatic carbocycles. The van der Waals surface area contributed by atoms with Crippen LogP contribution < -0.4 is 15.5 Å². The lowest BCUT2D eigenvalue weighted by molar-refractivity contribution is -0.0205. The largest absolute Gasteiger partial charge is 0.394 e. The number of aromatic nitrogens is 1. The number of rotatable bonds is 6. The summed E-state index contributed by atoms with van der Waals surface area (Å²) in [6.45, 7) is 2.87. The zero-order chi connectivity index (χ0) is 22.5. The third-order valence-corrected chi connectivity index (χ3v) is 6.13. The Morgan fingerprint density at radius 3 is 2.66 bits per heavy atom. The number of pyridine rings is 1. The number of amides is 2. The average Bonchev–Trinajstić information content (AvgIpc) is 3.13. The van der Waals surface area contributed by atoms with Gasteiger partial charge < -0.3 is 30.5 Å². The molecule has 172 valence electrons. The van der Waals surface area contributed by atoms with Crippen molar-refractivity contribution in [2.24, 2.45) is 0 Å². The maximum Gasteiger partial charge on any atom is 0.319 e. The normalized spacial score (nSPS) is 26.2. The predicted octanol–water partition coefficient (Wildman–Crippen LogP) is 1.17. The van der Waals surface area contributed by atoms with Crippen LogP contribution in [0, 0.1) is 0 Å². The van der Waals surface area contributed by atoms with E-state index in [2.05, 4.69) is 25.4 Å². The smallest absolute Gasteiger partial charge is 0.319 e. The topological polar surface area (TPSA) is 110 Å². The number of carbonyl (C=O) groups is 1. The van der Waals surface area contributed by atoms with E-state index < -0.39 is 24.3 Å². The lowest BCUT2D eigenvalue weighted by Crippen LogP contribution is -2.57. The molecular formula is C22H28ClN5O4. The molecule has 1 aromatic heterocycles. The SMILES string of the molecule is O=C(NCC1OC(CO)C(O)C1N1CCN(c2ccccn2)CC1)Nc1cccc(Cl)c1. The van der Waals surface area contributed by atoms with Gasteiger partial charge in [-0.05, 0) is 30.3 Å². The third-order valence-electron chi connectivity index (χ3n) is 5.90. The molecule has 4 rings (SSSR count). The van der Waals surface area contributed by atoms with Gasteiger partial charge in [0.1, 0.15) is 18.0 Å². The first kappa shape index (κ1) is 22.8. The maximum absolute atomic E-state index is 12.3. The number of aliphatic hydroxyl groups is 2. The molecule has 0 saturated carbocycles. The molecule has 32 heavy (non-hydrogen) atoms. The summed E-state index contributed by atoms with van der Waals surface area (Å²) in [4.78, 5) is 21.1. The van der Waals surface area contributed by atoms with Crippen LogP contribution in [0.4, 0.5) is 16.3 Å². The first-order valence-electron chi connectivity index (χ1n) is 10.7. The molecule has 2 saturated heterocycles. The number of hydrogen-bond acceptors (Lipinski definition) is 7. The fraction of sp³-hybridized carbons (Fsp3) is 0.455. The number of ether oxygens (including phenoxy) is 1. The number of halogens is 1. The third kappa shape index (κ3) is 5.31. The number of aliphatic hydroxyl groups excluding tert-OH is 2. The molecule has 9 nitrogen and oxygen atoms in total. The van der Waals surface area contributed by atoms with E-state index in [0.29, 0.717) is 23.8 Å². The summed E-state index contributed by atoms with van der Waals surface area (Å²) in [7, 11) is 0. The van der Waals surface area contributed by atoms with Crippen LogP contribution in [0.25, 0.3) is 0 Å². The minimum Gasteiger partial charge on any atom is -0.394 e. The van der Waals surface area contributed by atoms with Crippen LogP contribution in [0.2, 0.25) is 5.02 Å². The van der Waals surface area contributed by atoms with Crippen LogP contribution in [-0.4, -0.2) is 89.8 Å². The van der Waals surface area contributed by atoms with Crippen LogP contribution >= 0.6 is 11.6 Å². The molecule has 4 N–H and O–H groups in total. The monoisotopic (exact) mass is 461 g/mol. The van der Waals surface area contributed by atoms with E-state index in [0.717, 1.165) is 18.9 Å². The fourth-order valence-corrected chi connectivity index (χ4v) is 4.51. The summed E-state index contributed by atoms with van der Waals surface area (Å²) in [6, 6.07) is 12.0. The highest BCUT2D eigenvalue weighted by atomic mass is 35.5. The van der Waals surface area contributed by atoms with Gasteiger partial charge >= 0.3 is 6.03 Å². The molecule has 2 aliphatic rings. The lowest BCUT2D eigenvalue weighted by atomic mass is 10.0. The number of carbonyl (C=O) groups excluding carboxylic acids is 1. The van der Waals surface area contributed by atoms with Gasteiger partial charge in [-0.2, -0.15) is 0 Å². The van der Waals surface area contributed by atoms with Gasteiger partial charge in [-0.15, -0.1) is 0 Å². The standard InChI is InChI=1S/C22H28ClN5O4/c23-15-4-3-5-16(12-15)26-22(31)25-13-17-20(21(30)18(14-29)32-17)28-10-8-27(9-11-28)19-6-1-2-7-24-19/h1-7,12,17-18,20-21,29-30H,8-11,13-14H2,(H2,25,26,31). The van der Waals surface area contributed by atoms with Crippen molar-refractivity contribution in [2.45, 2.75) is 24.4 Å². The summed E-state index contributed by atoms with van der Waals surface area (Å²) < 4.78 is 5.89. The Morgan fingerprint density at radius 1 is 1.16 bits per heavy atom. The first-order valence-corrected chi connectivity index (χ1v) is 11.1. The minimum absolute atomic E-state index is 0.199. The minimum atomic E-state index is -0.843. The van der Waals surface area contributed by atoms with E-state index >= 15 is 0 Å². The predicted molar refractivity (Wildman–Crippen MR) is 122 cm³/mol. The van der Waals surface area contributed by atoms with E-state index in [-0.39, 0.29) is 19.2 Å². The van der Waals surface area contributed by atoms with Crippen LogP contribution in [0.1, 0.15) is 0 Å². The van der Waals surface area contributed by atoms with Gasteiger partial charge in [0.2, 0.25) is 0 Å². The van der Waals surface area contributed by atoms with Crippen LogP contribution in [0.3, 0.4) is 0 Å². The zero-order valence-corrected chi connectivity index (χ0v) is 18.4. The zero-order valence-electron chi connectivity index (χ0n) is 17.6. The molecule has 2 fully saturated rings. The molecular weight excluding hydrogens is 434 g/mol. The van der Waals surface area contributed by atoms with E-state index in [1.807, 2.05) is 18.2 Å². The van der Waals surface area contributed by atoms with Gasteiger partial charge in [0.15, 0.2) is 0 Å². The number of nitrogens with one attached hydrogen (secondary N) is 2. The fourth-order valence-electron chi connectivity index (χ4n) is 4.32. The van der Waals surface area contributed by atoms with Crippen molar-refractivity contribution in [3.8, 4) is 0 Å². The highest BCUT2D eigenvalue weighted by Crippen LogP contribution is 2.27. The summed E-state index contributed by atoms with van der Waals surface area (Å²) >= 11 is 5.96. The highest BCUT2D eigenvalue weighted by molar-refractivity contribution is 6.30. The molecule has 3 heterocycles. The number of anilines is 2. The Bertz CT molecular complexity index is 897. The molecule has 10 heteroatoms. The second-order valence-corrected chi connectivity index (χ2v) is 8.37. The van der Waals surface area contributed by atoms with Crippen molar-refractivity contribution < 1.29 is 19.7 Å². The van der Waals surface area contributed by atoms with Crippen molar-refractivity contribution in [2.75, 3.05) is 49.5 Å². The number of piperazine rings is 1. The van der Waals surface area contributed by atoms with Crippen LogP contribution in [0.5, 0.6) is 0 Å². The molecule has 2 aliphatic heterocycles. The van der Waals surface area contributed by atoms with E-state index in [9.17, 15) is 15.0 Å². The summed E-state index contributed by atoms with van der Waals surface area (Å²) in [5, 5.41) is 26.5. The van der Waals surface area contributed by atoms with Gasteiger partial charge in [0, 0.05) is 49.6 Å². The molecule has 2 amide bonds. The van der Waals surface area contributed by atoms with Crippen molar-refractivity contribution in [1.29, 1.82) is 0 Å². The maximum atomic E-state index is 12.3. The average molecular weight is 462 g/mol. The Labute approximate surface area is 191 Å². The van der Waals surface area contributed by atoms with Gasteiger partial charge in [0.25, 0.3) is 0 Å². The number of urea groups is 1. The van der Waals surface area contributed by atoms with E-state index in [1.165, 1.54) is 0 Å². The van der Waals surface area contributed by atoms with E-state index in [4.69, 9.17) is 16.3 Å². The van der Waals surface area contributed by atoms with Crippen molar-refractivity contribution in [1.82, 2.24) is 15.2 Å². The molecule has 4 atom stereocenters. The molecule has 2 aromatic rings. The van der Waals surface area contributed by atoms with Crippen molar-refractivity contribution >= 4 is 29.1 Å². The van der Waals surface area contributed by atoms with Crippen molar-refractivity contribution in [3.05, 3.63) is 53.7 Å². The molecule has 0 spiro atoms. The molecule has 1 aromatic carbocycles. The van der Waals surface area contributed by atoms with Gasteiger partial charge in [0.05, 0.1) is 18.8 Å². The molecule has 4 unspecified atom stereocenters.